The molecule has 4 nitrogen and oxygen atoms in total. The number of hydrogen-bond acceptors (Lipinski definition) is 4. The number of hydrogen-bond donors (Lipinski definition) is 1. The van der Waals surface area contributed by atoms with Crippen LogP contribution in [-0.2, 0) is 0 Å². The number of benzene rings is 1. The minimum Gasteiger partial charge on any atom is -1.00 e. The van der Waals surface area contributed by atoms with E-state index in [0.717, 1.165) is 41.7 Å². The second kappa shape index (κ2) is 7.32. The molecule has 2 unspecified atom stereocenters. The van der Waals surface area contributed by atoms with E-state index >= 15 is 0 Å². The summed E-state index contributed by atoms with van der Waals surface area (Å²) in [7, 11) is 1.66. The molecule has 4 heterocycles. The number of aromatic nitrogens is 1. The number of fused-ring (bicyclic) bond motifs is 4. The monoisotopic (exact) mass is 360 g/mol. The summed E-state index contributed by atoms with van der Waals surface area (Å²) in [5, 5.41) is 12.1. The Kier molecular flexibility index (Phi) is 5.32. The maximum Gasteiger partial charge on any atom is 1.00 e. The Morgan fingerprint density at radius 1 is 1.44 bits per heavy atom. The molecule has 1 aromatic heterocycles. The van der Waals surface area contributed by atoms with Crippen LogP contribution in [0.1, 0.15) is 25.9 Å². The second-order valence-corrected chi connectivity index (χ2v) is 6.97. The molecule has 3 aliphatic heterocycles. The normalized spacial score (nSPS) is 29.0. The van der Waals surface area contributed by atoms with E-state index in [1.807, 2.05) is 24.3 Å². The average Bonchev–Trinajstić information content (AvgIpc) is 2.66. The molecule has 1 aromatic carbocycles. The van der Waals surface area contributed by atoms with E-state index in [0.29, 0.717) is 11.8 Å². The zero-order valence-corrected chi connectivity index (χ0v) is 15.2. The van der Waals surface area contributed by atoms with Gasteiger partial charge in [-0.05, 0) is 61.1 Å². The molecular formula is C20H25ClN2O2. The molecule has 3 aliphatic rings. The third-order valence-corrected chi connectivity index (χ3v) is 5.82. The van der Waals surface area contributed by atoms with E-state index in [1.54, 1.807) is 13.3 Å². The zero-order valence-electron chi connectivity index (χ0n) is 15.4. The van der Waals surface area contributed by atoms with Crippen LogP contribution in [0.3, 0.4) is 0 Å². The van der Waals surface area contributed by atoms with Gasteiger partial charge >= 0.3 is 1.43 Å². The van der Waals surface area contributed by atoms with Gasteiger partial charge in [0.05, 0.1) is 18.7 Å². The van der Waals surface area contributed by atoms with Crippen molar-refractivity contribution >= 4 is 10.9 Å². The summed E-state index contributed by atoms with van der Waals surface area (Å²) >= 11 is 0. The van der Waals surface area contributed by atoms with Gasteiger partial charge < -0.3 is 22.3 Å². The smallest absolute Gasteiger partial charge is 1.00 e. The number of piperidine rings is 3. The highest BCUT2D eigenvalue weighted by atomic mass is 35.5. The number of rotatable bonds is 4. The van der Waals surface area contributed by atoms with Crippen LogP contribution < -0.4 is 17.1 Å². The topological polar surface area (TPSA) is 45.6 Å². The summed E-state index contributed by atoms with van der Waals surface area (Å²) in [5.41, 5.74) is 1.85. The lowest BCUT2D eigenvalue weighted by Gasteiger charge is -2.50. The van der Waals surface area contributed by atoms with E-state index < -0.39 is 6.10 Å². The number of aliphatic hydroxyl groups excluding tert-OH is 1. The highest BCUT2D eigenvalue weighted by molar-refractivity contribution is 5.83. The van der Waals surface area contributed by atoms with Gasteiger partial charge in [0, 0.05) is 24.2 Å². The first-order valence-corrected chi connectivity index (χ1v) is 8.68. The second-order valence-electron chi connectivity index (χ2n) is 6.97. The molecule has 1 N–H and O–H groups in total. The first-order chi connectivity index (χ1) is 11.7. The molecule has 134 valence electrons. The molecule has 5 rings (SSSR count). The number of pyridine rings is 1. The third-order valence-electron chi connectivity index (χ3n) is 5.82. The van der Waals surface area contributed by atoms with E-state index in [4.69, 9.17) is 4.74 Å². The van der Waals surface area contributed by atoms with Crippen molar-refractivity contribution in [2.24, 2.45) is 11.8 Å². The molecule has 5 atom stereocenters. The van der Waals surface area contributed by atoms with Gasteiger partial charge in [0.15, 0.2) is 0 Å². The van der Waals surface area contributed by atoms with Gasteiger partial charge in [0.1, 0.15) is 5.75 Å². The Hall–Kier alpha value is -1.62. The molecule has 5 heteroatoms. The van der Waals surface area contributed by atoms with Crippen LogP contribution in [0.2, 0.25) is 0 Å². The number of halogens is 1. The van der Waals surface area contributed by atoms with Crippen molar-refractivity contribution in [3.8, 4) is 5.75 Å². The highest BCUT2D eigenvalue weighted by Gasteiger charge is 2.42. The van der Waals surface area contributed by atoms with Gasteiger partial charge in [-0.25, -0.2) is 0 Å². The van der Waals surface area contributed by atoms with Crippen LogP contribution in [-0.4, -0.2) is 41.2 Å². The van der Waals surface area contributed by atoms with Gasteiger partial charge in [-0.1, -0.05) is 6.08 Å². The molecule has 2 aromatic rings. The van der Waals surface area contributed by atoms with Gasteiger partial charge in [-0.2, -0.15) is 0 Å². The van der Waals surface area contributed by atoms with Gasteiger partial charge in [-0.3, -0.25) is 9.88 Å². The number of ether oxygens (including phenoxy) is 1. The van der Waals surface area contributed by atoms with Crippen LogP contribution in [0, 0.1) is 11.8 Å². The van der Waals surface area contributed by atoms with Crippen LogP contribution in [0.25, 0.3) is 10.9 Å². The van der Waals surface area contributed by atoms with Crippen molar-refractivity contribution < 1.29 is 23.7 Å². The summed E-state index contributed by atoms with van der Waals surface area (Å²) in [6.07, 6.45) is 5.62. The standard InChI is InChI=1S/C20H24N2O2.ClH/c1-3-13-12-22-9-7-14(13)10-19(22)20(23)16-6-8-21-18-5-4-15(24-2)11-17(16)18;/h3-6,8,11,13-14,19-20,23H,1,7,9-10,12H2,2H3;1H/t13-,14?,19+,20-;/m0./s1. The lowest BCUT2D eigenvalue weighted by molar-refractivity contribution is -0.0444. The Balaban J connectivity index is 0.00000121. The number of nitrogens with zero attached hydrogens (tertiary/aromatic N) is 2. The summed E-state index contributed by atoms with van der Waals surface area (Å²) < 4.78 is 5.35. The lowest BCUT2D eigenvalue weighted by atomic mass is 9.73. The predicted molar refractivity (Wildman–Crippen MR) is 96.1 cm³/mol. The molecule has 3 saturated heterocycles. The van der Waals surface area contributed by atoms with Gasteiger partial charge in [-0.15, -0.1) is 6.58 Å². The third kappa shape index (κ3) is 3.14. The van der Waals surface area contributed by atoms with Crippen LogP contribution in [0.15, 0.2) is 43.1 Å². The lowest BCUT2D eigenvalue weighted by Crippen LogP contribution is -3.00. The summed E-state index contributed by atoms with van der Waals surface area (Å²) in [5.74, 6) is 2.01. The van der Waals surface area contributed by atoms with Crippen molar-refractivity contribution in [2.45, 2.75) is 25.0 Å². The predicted octanol–water partition coefficient (Wildman–Crippen LogP) is 0.290. The van der Waals surface area contributed by atoms with E-state index in [-0.39, 0.29) is 19.9 Å². The molecular weight excluding hydrogens is 336 g/mol. The Morgan fingerprint density at radius 2 is 2.28 bits per heavy atom. The minimum absolute atomic E-state index is 0. The van der Waals surface area contributed by atoms with Crippen LogP contribution in [0.5, 0.6) is 5.75 Å². The minimum atomic E-state index is -0.504. The molecule has 2 bridgehead atoms. The van der Waals surface area contributed by atoms with Crippen molar-refractivity contribution in [1.29, 1.82) is 0 Å². The highest BCUT2D eigenvalue weighted by Crippen LogP contribution is 2.42. The molecule has 25 heavy (non-hydrogen) atoms. The molecule has 0 aliphatic carbocycles. The van der Waals surface area contributed by atoms with Crippen LogP contribution in [0.4, 0.5) is 0 Å². The van der Waals surface area contributed by atoms with Crippen molar-refractivity contribution in [3.63, 3.8) is 0 Å². The number of aliphatic hydroxyl groups is 1. The fourth-order valence-electron chi connectivity index (χ4n) is 4.44. The molecule has 0 spiro atoms. The van der Waals surface area contributed by atoms with Crippen molar-refractivity contribution in [3.05, 3.63) is 48.7 Å². The Morgan fingerprint density at radius 3 is 2.96 bits per heavy atom. The maximum atomic E-state index is 11.2. The van der Waals surface area contributed by atoms with Crippen LogP contribution >= 0.6 is 0 Å². The van der Waals surface area contributed by atoms with E-state index in [9.17, 15) is 5.11 Å². The zero-order chi connectivity index (χ0) is 16.7. The number of methoxy groups -OCH3 is 1. The van der Waals surface area contributed by atoms with Crippen molar-refractivity contribution in [2.75, 3.05) is 20.2 Å². The summed E-state index contributed by atoms with van der Waals surface area (Å²) in [4.78, 5) is 6.86. The summed E-state index contributed by atoms with van der Waals surface area (Å²) in [6, 6.07) is 7.96. The molecule has 0 saturated carbocycles. The van der Waals surface area contributed by atoms with E-state index in [1.165, 1.54) is 6.42 Å². The van der Waals surface area contributed by atoms with E-state index in [2.05, 4.69) is 22.5 Å². The first kappa shape index (κ1) is 18.2. The fourth-order valence-corrected chi connectivity index (χ4v) is 4.44. The Labute approximate surface area is 156 Å². The van der Waals surface area contributed by atoms with Gasteiger partial charge in [0.25, 0.3) is 0 Å². The molecule has 0 amide bonds. The summed E-state index contributed by atoms with van der Waals surface area (Å²) in [6.45, 7) is 6.07. The quantitative estimate of drug-likeness (QED) is 0.796. The first-order valence-electron chi connectivity index (χ1n) is 8.68. The largest absolute Gasteiger partial charge is 1.00 e. The fraction of sp³-hybridized carbons (Fsp3) is 0.450. The Bertz CT molecular complexity index is 773. The maximum absolute atomic E-state index is 11.2. The van der Waals surface area contributed by atoms with Gasteiger partial charge in [0.2, 0.25) is 0 Å². The average molecular weight is 361 g/mol. The molecule has 3 fully saturated rings. The van der Waals surface area contributed by atoms with Crippen molar-refractivity contribution in [1.82, 2.24) is 9.88 Å². The molecule has 0 radical (unpaired) electrons. The SMILES string of the molecule is C=C[C@H]1CN2CCC1C[C@@H]2[C@@H](O)c1ccnc2ccc(OC)cc12.[Cl-].[H+].